The normalized spacial score (nSPS) is 15.3. The summed E-state index contributed by atoms with van der Waals surface area (Å²) < 4.78 is 0. The standard InChI is InChI=1S/C58H43N3/c1-56(2)48-25-15-12-22-42(48)45-33-36(28-31-49(45)56)53-59-54(61-55(60-53)38-27-30-44-41-21-11-14-24-47(41)57(3,4)52(44)35-38)37-29-32-51-46(34-37)43-23-13-16-26-50(43)58(51,39-17-7-5-8-18-39)40-19-9-6-10-20-40/h5-35H,1-4H3. The maximum atomic E-state index is 5.37. The van der Waals surface area contributed by atoms with E-state index in [2.05, 4.69) is 216 Å². The molecule has 0 bridgehead atoms. The molecule has 0 amide bonds. The van der Waals surface area contributed by atoms with Crippen molar-refractivity contribution >= 4 is 0 Å². The van der Waals surface area contributed by atoms with Gasteiger partial charge >= 0.3 is 0 Å². The Morgan fingerprint density at radius 1 is 0.279 bits per heavy atom. The summed E-state index contributed by atoms with van der Waals surface area (Å²) in [5.74, 6) is 1.98. The SMILES string of the molecule is CC1(C)c2ccccc2-c2cc(-c3nc(-c4ccc5c(c4)-c4ccccc4C5(c4ccccc4)c4ccccc4)nc(-c4ccc5c(c4)C(C)(C)c4ccccc4-5)n3)ccc21. The molecule has 8 aromatic carbocycles. The van der Waals surface area contributed by atoms with E-state index in [1.165, 1.54) is 77.9 Å². The van der Waals surface area contributed by atoms with Crippen LogP contribution in [0.25, 0.3) is 67.5 Å². The molecule has 12 rings (SSSR count). The molecule has 0 saturated carbocycles. The lowest BCUT2D eigenvalue weighted by molar-refractivity contribution is 0.660. The van der Waals surface area contributed by atoms with Gasteiger partial charge in [0.1, 0.15) is 0 Å². The van der Waals surface area contributed by atoms with Gasteiger partial charge in [0.05, 0.1) is 5.41 Å². The zero-order chi connectivity index (χ0) is 41.1. The number of hydrogen-bond acceptors (Lipinski definition) is 3. The van der Waals surface area contributed by atoms with Crippen LogP contribution in [-0.4, -0.2) is 15.0 Å². The fourth-order valence-electron chi connectivity index (χ4n) is 11.1. The zero-order valence-corrected chi connectivity index (χ0v) is 34.7. The molecule has 1 aromatic heterocycles. The molecule has 290 valence electrons. The number of rotatable bonds is 5. The molecule has 0 spiro atoms. The minimum Gasteiger partial charge on any atom is -0.208 e. The van der Waals surface area contributed by atoms with Crippen LogP contribution in [0.2, 0.25) is 0 Å². The largest absolute Gasteiger partial charge is 0.208 e. The Kier molecular flexibility index (Phi) is 7.54. The summed E-state index contributed by atoms with van der Waals surface area (Å²) in [6.07, 6.45) is 0. The van der Waals surface area contributed by atoms with Crippen LogP contribution in [0.4, 0.5) is 0 Å². The maximum Gasteiger partial charge on any atom is 0.164 e. The zero-order valence-electron chi connectivity index (χ0n) is 34.7. The van der Waals surface area contributed by atoms with E-state index in [0.29, 0.717) is 17.5 Å². The third-order valence-electron chi connectivity index (χ3n) is 14.0. The lowest BCUT2D eigenvalue weighted by atomic mass is 9.67. The third-order valence-corrected chi connectivity index (χ3v) is 14.0. The lowest BCUT2D eigenvalue weighted by Crippen LogP contribution is -2.28. The van der Waals surface area contributed by atoms with E-state index in [-0.39, 0.29) is 10.8 Å². The second kappa shape index (κ2) is 12.9. The molecular weight excluding hydrogens is 739 g/mol. The quantitative estimate of drug-likeness (QED) is 0.175. The first-order valence-corrected chi connectivity index (χ1v) is 21.4. The molecular formula is C58H43N3. The number of benzene rings is 8. The monoisotopic (exact) mass is 781 g/mol. The van der Waals surface area contributed by atoms with Gasteiger partial charge in [-0.3, -0.25) is 0 Å². The Morgan fingerprint density at radius 2 is 0.623 bits per heavy atom. The van der Waals surface area contributed by atoms with Crippen molar-refractivity contribution in [1.29, 1.82) is 0 Å². The number of nitrogens with zero attached hydrogens (tertiary/aromatic N) is 3. The molecule has 0 atom stereocenters. The second-order valence-corrected chi connectivity index (χ2v) is 18.0. The van der Waals surface area contributed by atoms with Crippen LogP contribution >= 0.6 is 0 Å². The second-order valence-electron chi connectivity index (χ2n) is 18.0. The van der Waals surface area contributed by atoms with Crippen molar-refractivity contribution in [3.63, 3.8) is 0 Å². The molecule has 0 unspecified atom stereocenters. The highest BCUT2D eigenvalue weighted by Crippen LogP contribution is 2.57. The van der Waals surface area contributed by atoms with Crippen molar-refractivity contribution in [3.05, 3.63) is 233 Å². The van der Waals surface area contributed by atoms with Crippen molar-refractivity contribution in [1.82, 2.24) is 15.0 Å². The molecule has 3 heteroatoms. The minimum atomic E-state index is -0.480. The summed E-state index contributed by atoms with van der Waals surface area (Å²) in [5, 5.41) is 0. The molecule has 3 aliphatic carbocycles. The van der Waals surface area contributed by atoms with Crippen LogP contribution < -0.4 is 0 Å². The maximum absolute atomic E-state index is 5.37. The van der Waals surface area contributed by atoms with Gasteiger partial charge in [-0.1, -0.05) is 198 Å². The Balaban J connectivity index is 1.07. The Labute approximate surface area is 357 Å². The van der Waals surface area contributed by atoms with Crippen molar-refractivity contribution in [2.45, 2.75) is 43.9 Å². The predicted molar refractivity (Wildman–Crippen MR) is 249 cm³/mol. The fraction of sp³-hybridized carbons (Fsp3) is 0.121. The van der Waals surface area contributed by atoms with Gasteiger partial charge in [0.2, 0.25) is 0 Å². The van der Waals surface area contributed by atoms with Crippen LogP contribution in [-0.2, 0) is 16.2 Å². The minimum absolute atomic E-state index is 0.0932. The van der Waals surface area contributed by atoms with Crippen LogP contribution in [0.5, 0.6) is 0 Å². The molecule has 0 aliphatic heterocycles. The van der Waals surface area contributed by atoms with Gasteiger partial charge in [-0.15, -0.1) is 0 Å². The van der Waals surface area contributed by atoms with E-state index >= 15 is 0 Å². The average molecular weight is 782 g/mol. The average Bonchev–Trinajstić information content (AvgIpc) is 3.83. The van der Waals surface area contributed by atoms with Crippen LogP contribution in [0.3, 0.4) is 0 Å². The topological polar surface area (TPSA) is 38.7 Å². The highest BCUT2D eigenvalue weighted by molar-refractivity contribution is 5.89. The summed E-state index contributed by atoms with van der Waals surface area (Å²) in [4.78, 5) is 16.1. The molecule has 9 aromatic rings. The first-order chi connectivity index (χ1) is 29.7. The van der Waals surface area contributed by atoms with E-state index in [9.17, 15) is 0 Å². The molecule has 1 heterocycles. The smallest absolute Gasteiger partial charge is 0.164 e. The molecule has 0 saturated heterocycles. The molecule has 0 N–H and O–H groups in total. The van der Waals surface area contributed by atoms with Crippen molar-refractivity contribution in [2.75, 3.05) is 0 Å². The van der Waals surface area contributed by atoms with Crippen molar-refractivity contribution < 1.29 is 0 Å². The van der Waals surface area contributed by atoms with Crippen LogP contribution in [0.15, 0.2) is 188 Å². The third kappa shape index (κ3) is 5.01. The Hall–Kier alpha value is -7.23. The molecule has 3 nitrogen and oxygen atoms in total. The molecule has 0 fully saturated rings. The van der Waals surface area contributed by atoms with Gasteiger partial charge in [-0.2, -0.15) is 0 Å². The van der Waals surface area contributed by atoms with Gasteiger partial charge in [-0.25, -0.2) is 15.0 Å². The van der Waals surface area contributed by atoms with Crippen molar-refractivity contribution in [3.8, 4) is 67.5 Å². The molecule has 0 radical (unpaired) electrons. The number of hydrogen-bond donors (Lipinski definition) is 0. The summed E-state index contributed by atoms with van der Waals surface area (Å²) in [6.45, 7) is 9.28. The van der Waals surface area contributed by atoms with Gasteiger partial charge in [0.25, 0.3) is 0 Å². The van der Waals surface area contributed by atoms with E-state index in [1.807, 2.05) is 0 Å². The number of fused-ring (bicyclic) bond motifs is 9. The molecule has 3 aliphatic rings. The van der Waals surface area contributed by atoms with E-state index in [1.54, 1.807) is 0 Å². The summed E-state index contributed by atoms with van der Waals surface area (Å²) in [7, 11) is 0. The van der Waals surface area contributed by atoms with E-state index in [4.69, 9.17) is 15.0 Å². The Morgan fingerprint density at radius 3 is 1.18 bits per heavy atom. The highest BCUT2D eigenvalue weighted by Gasteiger charge is 2.46. The lowest BCUT2D eigenvalue weighted by Gasteiger charge is -2.33. The van der Waals surface area contributed by atoms with Crippen LogP contribution in [0.1, 0.15) is 72.2 Å². The van der Waals surface area contributed by atoms with Gasteiger partial charge < -0.3 is 0 Å². The van der Waals surface area contributed by atoms with E-state index < -0.39 is 5.41 Å². The van der Waals surface area contributed by atoms with E-state index in [0.717, 1.165) is 16.7 Å². The Bertz CT molecular complexity index is 3210. The van der Waals surface area contributed by atoms with Gasteiger partial charge in [0.15, 0.2) is 17.5 Å². The van der Waals surface area contributed by atoms with Gasteiger partial charge in [0, 0.05) is 27.5 Å². The molecule has 61 heavy (non-hydrogen) atoms. The summed E-state index contributed by atoms with van der Waals surface area (Å²) in [6, 6.07) is 68.7. The van der Waals surface area contributed by atoms with Gasteiger partial charge in [-0.05, 0) is 96.1 Å². The highest BCUT2D eigenvalue weighted by atomic mass is 15.0. The summed E-state index contributed by atoms with van der Waals surface area (Å²) in [5.41, 5.74) is 20.0. The van der Waals surface area contributed by atoms with Crippen molar-refractivity contribution in [2.24, 2.45) is 0 Å². The summed E-state index contributed by atoms with van der Waals surface area (Å²) >= 11 is 0. The van der Waals surface area contributed by atoms with Crippen LogP contribution in [0, 0.1) is 0 Å². The number of aromatic nitrogens is 3. The predicted octanol–water partition coefficient (Wildman–Crippen LogP) is 13.8. The fourth-order valence-corrected chi connectivity index (χ4v) is 11.1. The first kappa shape index (κ1) is 35.7. The first-order valence-electron chi connectivity index (χ1n) is 21.4.